The molecule has 0 saturated carbocycles. The molecule has 1 saturated heterocycles. The summed E-state index contributed by atoms with van der Waals surface area (Å²) in [5.41, 5.74) is 0. The highest BCUT2D eigenvalue weighted by Gasteiger charge is 2.35. The maximum absolute atomic E-state index is 10.2. The third-order valence-electron chi connectivity index (χ3n) is 2.59. The van der Waals surface area contributed by atoms with Crippen LogP contribution >= 0.6 is 0 Å². The van der Waals surface area contributed by atoms with Gasteiger partial charge in [-0.1, -0.05) is 12.8 Å². The molecule has 0 aromatic rings. The summed E-state index contributed by atoms with van der Waals surface area (Å²) in [4.78, 5) is 10.2. The summed E-state index contributed by atoms with van der Waals surface area (Å²) in [6.45, 7) is 5.96. The van der Waals surface area contributed by atoms with Crippen molar-refractivity contribution in [2.45, 2.75) is 33.0 Å². The predicted molar refractivity (Wildman–Crippen MR) is 48.1 cm³/mol. The van der Waals surface area contributed by atoms with Crippen molar-refractivity contribution < 1.29 is 14.6 Å². The molecule has 0 bridgehead atoms. The third kappa shape index (κ3) is 2.22. The normalized spacial score (nSPS) is 38.1. The van der Waals surface area contributed by atoms with E-state index in [-0.39, 0.29) is 18.1 Å². The fourth-order valence-corrected chi connectivity index (χ4v) is 1.66. The molecule has 3 nitrogen and oxygen atoms in total. The predicted octanol–water partition coefficient (Wildman–Crippen LogP) is 1.13. The monoisotopic (exact) mass is 182 g/mol. The van der Waals surface area contributed by atoms with Crippen molar-refractivity contribution in [1.82, 2.24) is 0 Å². The second-order valence-electron chi connectivity index (χ2n) is 3.51. The van der Waals surface area contributed by atoms with Crippen LogP contribution in [-0.2, 0) is 9.53 Å². The van der Waals surface area contributed by atoms with Crippen molar-refractivity contribution in [2.75, 3.05) is 0 Å². The van der Waals surface area contributed by atoms with Gasteiger partial charge in [-0.3, -0.25) is 0 Å². The Morgan fingerprint density at radius 1 is 1.31 bits per heavy atom. The lowest BCUT2D eigenvalue weighted by Gasteiger charge is -2.10. The standard InChI is InChI=1S/C10H14O3/c1-6-7(2)13-8(3)9(6)4-5-10(11)12/h6-9H,1-3H3,(H,11,12). The molecule has 4 unspecified atom stereocenters. The average Bonchev–Trinajstić information content (AvgIpc) is 2.24. The first kappa shape index (κ1) is 10.1. The Balaban J connectivity index is 2.71. The molecule has 0 spiro atoms. The number of rotatable bonds is 0. The fraction of sp³-hybridized carbons (Fsp3) is 0.700. The van der Waals surface area contributed by atoms with E-state index < -0.39 is 5.97 Å². The highest BCUT2D eigenvalue weighted by atomic mass is 16.5. The Bertz CT molecular complexity index is 261. The van der Waals surface area contributed by atoms with Crippen LogP contribution in [0.25, 0.3) is 0 Å². The molecule has 0 amide bonds. The largest absolute Gasteiger partial charge is 0.472 e. The van der Waals surface area contributed by atoms with Crippen molar-refractivity contribution in [1.29, 1.82) is 0 Å². The van der Waals surface area contributed by atoms with E-state index in [2.05, 4.69) is 11.8 Å². The topological polar surface area (TPSA) is 46.5 Å². The van der Waals surface area contributed by atoms with Crippen LogP contribution in [0.1, 0.15) is 20.8 Å². The molecule has 1 N–H and O–H groups in total. The second kappa shape index (κ2) is 3.80. The second-order valence-corrected chi connectivity index (χ2v) is 3.51. The first-order valence-electron chi connectivity index (χ1n) is 4.42. The number of carboxylic acid groups (broad SMARTS) is 1. The Kier molecular flexibility index (Phi) is 2.94. The van der Waals surface area contributed by atoms with Crippen LogP contribution in [0.5, 0.6) is 0 Å². The lowest BCUT2D eigenvalue weighted by molar-refractivity contribution is -0.130. The van der Waals surface area contributed by atoms with E-state index in [1.807, 2.05) is 20.8 Å². The van der Waals surface area contributed by atoms with E-state index in [4.69, 9.17) is 9.84 Å². The van der Waals surface area contributed by atoms with E-state index in [1.165, 1.54) is 0 Å². The van der Waals surface area contributed by atoms with Crippen molar-refractivity contribution in [3.05, 3.63) is 0 Å². The summed E-state index contributed by atoms with van der Waals surface area (Å²) in [5.74, 6) is 4.18. The molecule has 1 fully saturated rings. The summed E-state index contributed by atoms with van der Waals surface area (Å²) in [6.07, 6.45) is 0.208. The average molecular weight is 182 g/mol. The Morgan fingerprint density at radius 2 is 1.92 bits per heavy atom. The minimum Gasteiger partial charge on any atom is -0.472 e. The molecule has 4 atom stereocenters. The molecule has 0 aromatic carbocycles. The summed E-state index contributed by atoms with van der Waals surface area (Å²) < 4.78 is 5.52. The molecule has 0 aliphatic carbocycles. The summed E-state index contributed by atoms with van der Waals surface area (Å²) in [6, 6.07) is 0. The quantitative estimate of drug-likeness (QED) is 0.571. The van der Waals surface area contributed by atoms with E-state index in [0.29, 0.717) is 5.92 Å². The van der Waals surface area contributed by atoms with E-state index in [1.54, 1.807) is 0 Å². The molecule has 1 heterocycles. The van der Waals surface area contributed by atoms with Crippen molar-refractivity contribution in [2.24, 2.45) is 11.8 Å². The van der Waals surface area contributed by atoms with Gasteiger partial charge in [0.15, 0.2) is 0 Å². The van der Waals surface area contributed by atoms with Crippen LogP contribution in [0.2, 0.25) is 0 Å². The van der Waals surface area contributed by atoms with Gasteiger partial charge in [0.25, 0.3) is 0 Å². The van der Waals surface area contributed by atoms with Gasteiger partial charge in [0, 0.05) is 5.92 Å². The lowest BCUT2D eigenvalue weighted by Crippen LogP contribution is -2.15. The number of carbonyl (C=O) groups is 1. The van der Waals surface area contributed by atoms with Crippen LogP contribution in [0, 0.1) is 23.7 Å². The van der Waals surface area contributed by atoms with Crippen LogP contribution < -0.4 is 0 Å². The van der Waals surface area contributed by atoms with Crippen LogP contribution in [0.4, 0.5) is 0 Å². The molecular weight excluding hydrogens is 168 g/mol. The van der Waals surface area contributed by atoms with Crippen molar-refractivity contribution >= 4 is 5.97 Å². The van der Waals surface area contributed by atoms with Gasteiger partial charge in [-0.2, -0.15) is 0 Å². The first-order chi connectivity index (χ1) is 6.02. The first-order valence-corrected chi connectivity index (χ1v) is 4.42. The number of aliphatic carboxylic acids is 1. The van der Waals surface area contributed by atoms with Gasteiger partial charge in [-0.05, 0) is 19.8 Å². The summed E-state index contributed by atoms with van der Waals surface area (Å²) in [5, 5.41) is 8.40. The fourth-order valence-electron chi connectivity index (χ4n) is 1.66. The lowest BCUT2D eigenvalue weighted by atomic mass is 9.90. The van der Waals surface area contributed by atoms with Crippen LogP contribution in [0.3, 0.4) is 0 Å². The van der Waals surface area contributed by atoms with Gasteiger partial charge in [-0.25, -0.2) is 4.79 Å². The molecule has 0 aromatic heterocycles. The van der Waals surface area contributed by atoms with E-state index in [0.717, 1.165) is 0 Å². The highest BCUT2D eigenvalue weighted by Crippen LogP contribution is 2.31. The number of carboxylic acids is 1. The zero-order valence-corrected chi connectivity index (χ0v) is 8.07. The van der Waals surface area contributed by atoms with Gasteiger partial charge in [-0.15, -0.1) is 0 Å². The van der Waals surface area contributed by atoms with Crippen LogP contribution in [0.15, 0.2) is 0 Å². The minimum atomic E-state index is -1.07. The smallest absolute Gasteiger partial charge is 0.381 e. The Hall–Kier alpha value is -1.01. The van der Waals surface area contributed by atoms with Crippen LogP contribution in [-0.4, -0.2) is 23.3 Å². The van der Waals surface area contributed by atoms with Gasteiger partial charge < -0.3 is 9.84 Å². The van der Waals surface area contributed by atoms with E-state index in [9.17, 15) is 4.79 Å². The SMILES string of the molecule is CC1OC(C)C(C#CC(=O)O)C1C. The molecule has 1 aliphatic rings. The summed E-state index contributed by atoms with van der Waals surface area (Å²) in [7, 11) is 0. The zero-order valence-electron chi connectivity index (χ0n) is 8.07. The number of hydrogen-bond acceptors (Lipinski definition) is 2. The van der Waals surface area contributed by atoms with E-state index >= 15 is 0 Å². The Morgan fingerprint density at radius 3 is 2.31 bits per heavy atom. The minimum absolute atomic E-state index is 0.0387. The zero-order chi connectivity index (χ0) is 10.0. The molecular formula is C10H14O3. The van der Waals surface area contributed by atoms with Gasteiger partial charge in [0.2, 0.25) is 0 Å². The molecule has 1 aliphatic heterocycles. The van der Waals surface area contributed by atoms with Gasteiger partial charge in [0.1, 0.15) is 0 Å². The van der Waals surface area contributed by atoms with Crippen molar-refractivity contribution in [3.8, 4) is 11.8 Å². The highest BCUT2D eigenvalue weighted by molar-refractivity contribution is 5.86. The molecule has 13 heavy (non-hydrogen) atoms. The molecule has 0 radical (unpaired) electrons. The van der Waals surface area contributed by atoms with Crippen molar-refractivity contribution in [3.63, 3.8) is 0 Å². The Labute approximate surface area is 78.1 Å². The number of hydrogen-bond donors (Lipinski definition) is 1. The third-order valence-corrected chi connectivity index (χ3v) is 2.59. The summed E-state index contributed by atoms with van der Waals surface area (Å²) >= 11 is 0. The number of ether oxygens (including phenoxy) is 1. The van der Waals surface area contributed by atoms with Gasteiger partial charge >= 0.3 is 5.97 Å². The molecule has 3 heteroatoms. The maximum Gasteiger partial charge on any atom is 0.381 e. The van der Waals surface area contributed by atoms with Gasteiger partial charge in [0.05, 0.1) is 18.1 Å². The molecule has 1 rings (SSSR count). The molecule has 72 valence electrons. The maximum atomic E-state index is 10.2.